The molecule has 2 nitrogen and oxygen atoms in total. The Morgan fingerprint density at radius 3 is 2.53 bits per heavy atom. The minimum atomic E-state index is 0.279. The zero-order valence-electron chi connectivity index (χ0n) is 10.8. The van der Waals surface area contributed by atoms with E-state index in [0.29, 0.717) is 11.7 Å². The molecule has 0 aromatic heterocycles. The van der Waals surface area contributed by atoms with E-state index in [-0.39, 0.29) is 11.9 Å². The van der Waals surface area contributed by atoms with E-state index >= 15 is 0 Å². The van der Waals surface area contributed by atoms with Gasteiger partial charge in [-0.2, -0.15) is 0 Å². The molecule has 0 radical (unpaired) electrons. The SMILES string of the molecule is CC(C)c1cccc(O)c1OC1CCCCC1. The molecule has 0 spiro atoms. The molecule has 17 heavy (non-hydrogen) atoms. The van der Waals surface area contributed by atoms with Crippen molar-refractivity contribution < 1.29 is 9.84 Å². The highest BCUT2D eigenvalue weighted by Gasteiger charge is 2.19. The molecule has 1 aromatic rings. The number of ether oxygens (including phenoxy) is 1. The minimum Gasteiger partial charge on any atom is -0.504 e. The summed E-state index contributed by atoms with van der Waals surface area (Å²) in [5.74, 6) is 1.36. The second-order valence-electron chi connectivity index (χ2n) is 5.23. The third-order valence-corrected chi connectivity index (χ3v) is 3.48. The molecule has 2 heteroatoms. The topological polar surface area (TPSA) is 29.5 Å². The lowest BCUT2D eigenvalue weighted by Crippen LogP contribution is -2.20. The highest BCUT2D eigenvalue weighted by atomic mass is 16.5. The molecule has 1 aliphatic rings. The molecule has 94 valence electrons. The normalized spacial score (nSPS) is 17.4. The van der Waals surface area contributed by atoms with E-state index < -0.39 is 0 Å². The Morgan fingerprint density at radius 2 is 1.88 bits per heavy atom. The maximum Gasteiger partial charge on any atom is 0.164 e. The summed E-state index contributed by atoms with van der Waals surface area (Å²) in [7, 11) is 0. The average molecular weight is 234 g/mol. The Kier molecular flexibility index (Phi) is 3.93. The molecule has 0 bridgehead atoms. The smallest absolute Gasteiger partial charge is 0.164 e. The lowest BCUT2D eigenvalue weighted by atomic mass is 9.97. The number of phenolic OH excluding ortho intramolecular Hbond substituents is 1. The summed E-state index contributed by atoms with van der Waals surface area (Å²) >= 11 is 0. The summed E-state index contributed by atoms with van der Waals surface area (Å²) in [6.07, 6.45) is 6.33. The van der Waals surface area contributed by atoms with Gasteiger partial charge in [-0.25, -0.2) is 0 Å². The first-order valence-electron chi connectivity index (χ1n) is 6.67. The van der Waals surface area contributed by atoms with E-state index in [1.807, 2.05) is 12.1 Å². The van der Waals surface area contributed by atoms with Crippen molar-refractivity contribution >= 4 is 0 Å². The predicted molar refractivity (Wildman–Crippen MR) is 69.7 cm³/mol. The van der Waals surface area contributed by atoms with Crippen LogP contribution in [0.1, 0.15) is 57.4 Å². The number of hydrogen-bond acceptors (Lipinski definition) is 2. The zero-order chi connectivity index (χ0) is 12.3. The lowest BCUT2D eigenvalue weighted by molar-refractivity contribution is 0.148. The van der Waals surface area contributed by atoms with Crippen molar-refractivity contribution in [3.05, 3.63) is 23.8 Å². The number of rotatable bonds is 3. The quantitative estimate of drug-likeness (QED) is 0.848. The maximum atomic E-state index is 9.95. The van der Waals surface area contributed by atoms with Crippen LogP contribution in [0.2, 0.25) is 0 Å². The molecule has 1 fully saturated rings. The van der Waals surface area contributed by atoms with Crippen LogP contribution in [0.5, 0.6) is 11.5 Å². The van der Waals surface area contributed by atoms with Crippen LogP contribution in [0.15, 0.2) is 18.2 Å². The van der Waals surface area contributed by atoms with Crippen molar-refractivity contribution in [1.29, 1.82) is 0 Å². The number of aromatic hydroxyl groups is 1. The second kappa shape index (κ2) is 5.44. The molecule has 0 saturated heterocycles. The number of hydrogen-bond donors (Lipinski definition) is 1. The van der Waals surface area contributed by atoms with Gasteiger partial charge in [0.1, 0.15) is 0 Å². The van der Waals surface area contributed by atoms with Crippen molar-refractivity contribution in [3.8, 4) is 11.5 Å². The number of benzene rings is 1. The van der Waals surface area contributed by atoms with E-state index in [4.69, 9.17) is 4.74 Å². The van der Waals surface area contributed by atoms with Crippen LogP contribution in [0, 0.1) is 0 Å². The summed E-state index contributed by atoms with van der Waals surface area (Å²) in [6.45, 7) is 4.25. The molecule has 1 N–H and O–H groups in total. The van der Waals surface area contributed by atoms with Gasteiger partial charge in [-0.1, -0.05) is 32.4 Å². The molecule has 1 saturated carbocycles. The molecule has 1 aromatic carbocycles. The first-order chi connectivity index (χ1) is 8.18. The Labute approximate surface area is 104 Å². The molecule has 0 atom stereocenters. The van der Waals surface area contributed by atoms with Crippen LogP contribution < -0.4 is 4.74 Å². The fourth-order valence-electron chi connectivity index (χ4n) is 2.47. The third-order valence-electron chi connectivity index (χ3n) is 3.48. The van der Waals surface area contributed by atoms with Crippen molar-refractivity contribution in [2.45, 2.75) is 58.0 Å². The molecule has 0 heterocycles. The van der Waals surface area contributed by atoms with Gasteiger partial charge in [0.25, 0.3) is 0 Å². The van der Waals surface area contributed by atoms with Crippen LogP contribution in [0.3, 0.4) is 0 Å². The van der Waals surface area contributed by atoms with Gasteiger partial charge >= 0.3 is 0 Å². The van der Waals surface area contributed by atoms with E-state index in [9.17, 15) is 5.11 Å². The third kappa shape index (κ3) is 2.93. The van der Waals surface area contributed by atoms with E-state index in [1.54, 1.807) is 6.07 Å². The van der Waals surface area contributed by atoms with Crippen molar-refractivity contribution in [1.82, 2.24) is 0 Å². The highest BCUT2D eigenvalue weighted by Crippen LogP contribution is 2.37. The molecule has 0 unspecified atom stereocenters. The van der Waals surface area contributed by atoms with E-state index in [0.717, 1.165) is 18.4 Å². The molecule has 1 aliphatic carbocycles. The van der Waals surface area contributed by atoms with Crippen LogP contribution in [-0.4, -0.2) is 11.2 Å². The highest BCUT2D eigenvalue weighted by molar-refractivity contribution is 5.47. The molecule has 0 aliphatic heterocycles. The Bertz CT molecular complexity index is 365. The van der Waals surface area contributed by atoms with Gasteiger partial charge in [0, 0.05) is 5.56 Å². The van der Waals surface area contributed by atoms with Crippen molar-refractivity contribution in [2.75, 3.05) is 0 Å². The Balaban J connectivity index is 2.18. The van der Waals surface area contributed by atoms with Crippen molar-refractivity contribution in [2.24, 2.45) is 0 Å². The molecular weight excluding hydrogens is 212 g/mol. The summed E-state index contributed by atoms with van der Waals surface area (Å²) in [5, 5.41) is 9.95. The summed E-state index contributed by atoms with van der Waals surface area (Å²) in [6, 6.07) is 5.64. The van der Waals surface area contributed by atoms with Crippen LogP contribution in [0.4, 0.5) is 0 Å². The molecular formula is C15H22O2. The molecule has 2 rings (SSSR count). The van der Waals surface area contributed by atoms with Crippen molar-refractivity contribution in [3.63, 3.8) is 0 Å². The zero-order valence-corrected chi connectivity index (χ0v) is 10.8. The molecule has 0 amide bonds. The summed E-state index contributed by atoms with van der Waals surface area (Å²) in [5.41, 5.74) is 1.11. The predicted octanol–water partition coefficient (Wildman–Crippen LogP) is 4.23. The van der Waals surface area contributed by atoms with Crippen LogP contribution in [0.25, 0.3) is 0 Å². The van der Waals surface area contributed by atoms with Crippen LogP contribution >= 0.6 is 0 Å². The van der Waals surface area contributed by atoms with Gasteiger partial charge in [0.15, 0.2) is 11.5 Å². The van der Waals surface area contributed by atoms with Gasteiger partial charge in [0.05, 0.1) is 6.10 Å². The maximum absolute atomic E-state index is 9.95. The van der Waals surface area contributed by atoms with Crippen LogP contribution in [-0.2, 0) is 0 Å². The first-order valence-corrected chi connectivity index (χ1v) is 6.67. The fourth-order valence-corrected chi connectivity index (χ4v) is 2.47. The lowest BCUT2D eigenvalue weighted by Gasteiger charge is -2.25. The average Bonchev–Trinajstić information content (AvgIpc) is 2.33. The Hall–Kier alpha value is -1.18. The largest absolute Gasteiger partial charge is 0.504 e. The standard InChI is InChI=1S/C15H22O2/c1-11(2)13-9-6-10-14(16)15(13)17-12-7-4-3-5-8-12/h6,9-12,16H,3-5,7-8H2,1-2H3. The minimum absolute atomic E-state index is 0.279. The number of para-hydroxylation sites is 1. The second-order valence-corrected chi connectivity index (χ2v) is 5.23. The van der Waals surface area contributed by atoms with Gasteiger partial charge in [-0.15, -0.1) is 0 Å². The van der Waals surface area contributed by atoms with Gasteiger partial charge < -0.3 is 9.84 Å². The van der Waals surface area contributed by atoms with E-state index in [2.05, 4.69) is 13.8 Å². The fraction of sp³-hybridized carbons (Fsp3) is 0.600. The summed E-state index contributed by atoms with van der Waals surface area (Å²) in [4.78, 5) is 0. The van der Waals surface area contributed by atoms with Gasteiger partial charge in [-0.3, -0.25) is 0 Å². The first kappa shape index (κ1) is 12.3. The monoisotopic (exact) mass is 234 g/mol. The number of phenols is 1. The van der Waals surface area contributed by atoms with E-state index in [1.165, 1.54) is 19.3 Å². The Morgan fingerprint density at radius 1 is 1.18 bits per heavy atom. The summed E-state index contributed by atoms with van der Waals surface area (Å²) < 4.78 is 6.03. The van der Waals surface area contributed by atoms with Gasteiger partial charge in [-0.05, 0) is 37.7 Å². The van der Waals surface area contributed by atoms with Gasteiger partial charge in [0.2, 0.25) is 0 Å².